The highest BCUT2D eigenvalue weighted by Gasteiger charge is 2.38. The first-order valence-corrected chi connectivity index (χ1v) is 16.9. The molecule has 2 heterocycles. The highest BCUT2D eigenvalue weighted by atomic mass is 15.2. The molecule has 9 aromatic rings. The molecule has 0 aliphatic rings. The van der Waals surface area contributed by atoms with Gasteiger partial charge in [-0.25, -0.2) is 4.98 Å². The van der Waals surface area contributed by atoms with Crippen LogP contribution in [-0.4, -0.2) is 19.5 Å². The number of fused-ring (bicyclic) bond motifs is 3. The Balaban J connectivity index is 1.34. The molecule has 0 amide bonds. The molecule has 236 valence electrons. The highest BCUT2D eigenvalue weighted by Crippen LogP contribution is 2.46. The Morgan fingerprint density at radius 2 is 0.760 bits per heavy atom. The van der Waals surface area contributed by atoms with Crippen LogP contribution in [0, 0.1) is 0 Å². The first-order chi connectivity index (χ1) is 24.8. The van der Waals surface area contributed by atoms with Crippen molar-refractivity contribution in [1.82, 2.24) is 19.5 Å². The number of benzene rings is 7. The van der Waals surface area contributed by atoms with Gasteiger partial charge in [-0.15, -0.1) is 0 Å². The number of aromatic nitrogens is 4. The average molecular weight is 641 g/mol. The largest absolute Gasteiger partial charge is 0.278 e. The Labute approximate surface area is 291 Å². The SMILES string of the molecule is c1ccc(-c2nc(-c3ccccc3)nc(-n3c4ccccc4c4cc(C(c5ccccc5)(c5ccccc5)c5ccccc5)ccc43)n2)cc1. The second-order valence-corrected chi connectivity index (χ2v) is 12.4. The van der Waals surface area contributed by atoms with Crippen LogP contribution >= 0.6 is 0 Å². The van der Waals surface area contributed by atoms with E-state index in [1.807, 2.05) is 60.7 Å². The van der Waals surface area contributed by atoms with Gasteiger partial charge in [0.1, 0.15) is 0 Å². The molecule has 0 N–H and O–H groups in total. The molecule has 50 heavy (non-hydrogen) atoms. The fourth-order valence-electron chi connectivity index (χ4n) is 7.38. The molecule has 0 aliphatic carbocycles. The van der Waals surface area contributed by atoms with Gasteiger partial charge in [0.05, 0.1) is 16.4 Å². The zero-order valence-electron chi connectivity index (χ0n) is 27.3. The van der Waals surface area contributed by atoms with E-state index in [1.54, 1.807) is 0 Å². The summed E-state index contributed by atoms with van der Waals surface area (Å²) in [6.45, 7) is 0. The number of nitrogens with zero attached hydrogens (tertiary/aromatic N) is 4. The lowest BCUT2D eigenvalue weighted by molar-refractivity contribution is 0.746. The van der Waals surface area contributed by atoms with Crippen LogP contribution in [0.2, 0.25) is 0 Å². The Hall–Kier alpha value is -6.65. The molecule has 9 rings (SSSR count). The van der Waals surface area contributed by atoms with Crippen molar-refractivity contribution in [2.24, 2.45) is 0 Å². The van der Waals surface area contributed by atoms with Crippen molar-refractivity contribution in [2.75, 3.05) is 0 Å². The van der Waals surface area contributed by atoms with Gasteiger partial charge >= 0.3 is 0 Å². The quantitative estimate of drug-likeness (QED) is 0.163. The molecule has 0 unspecified atom stereocenters. The van der Waals surface area contributed by atoms with Crippen molar-refractivity contribution >= 4 is 21.8 Å². The molecular formula is C46H32N4. The summed E-state index contributed by atoms with van der Waals surface area (Å²) in [7, 11) is 0. The van der Waals surface area contributed by atoms with Gasteiger partial charge in [-0.2, -0.15) is 9.97 Å². The first kappa shape index (κ1) is 29.5. The second-order valence-electron chi connectivity index (χ2n) is 12.4. The monoisotopic (exact) mass is 640 g/mol. The van der Waals surface area contributed by atoms with Crippen molar-refractivity contribution in [3.05, 3.63) is 216 Å². The molecule has 0 radical (unpaired) electrons. The van der Waals surface area contributed by atoms with Crippen LogP contribution in [0.3, 0.4) is 0 Å². The minimum absolute atomic E-state index is 0.560. The molecule has 0 fully saturated rings. The molecule has 4 nitrogen and oxygen atoms in total. The molecule has 0 atom stereocenters. The lowest BCUT2D eigenvalue weighted by atomic mass is 9.65. The van der Waals surface area contributed by atoms with Gasteiger partial charge in [0, 0.05) is 21.9 Å². The van der Waals surface area contributed by atoms with Crippen LogP contribution < -0.4 is 0 Å². The summed E-state index contributed by atoms with van der Waals surface area (Å²) in [5.41, 5.74) is 8.19. The van der Waals surface area contributed by atoms with Crippen molar-refractivity contribution in [1.29, 1.82) is 0 Å². The van der Waals surface area contributed by atoms with Gasteiger partial charge in [-0.05, 0) is 40.5 Å². The van der Waals surface area contributed by atoms with E-state index in [0.29, 0.717) is 17.6 Å². The van der Waals surface area contributed by atoms with Crippen LogP contribution in [0.1, 0.15) is 22.3 Å². The molecule has 0 saturated heterocycles. The number of para-hydroxylation sites is 1. The minimum atomic E-state index is -0.560. The van der Waals surface area contributed by atoms with Crippen LogP contribution in [-0.2, 0) is 5.41 Å². The summed E-state index contributed by atoms with van der Waals surface area (Å²) in [6.07, 6.45) is 0. The minimum Gasteiger partial charge on any atom is -0.278 e. The maximum atomic E-state index is 5.13. The maximum Gasteiger partial charge on any atom is 0.238 e. The molecule has 0 bridgehead atoms. The number of rotatable bonds is 7. The normalized spacial score (nSPS) is 11.6. The van der Waals surface area contributed by atoms with Crippen LogP contribution in [0.4, 0.5) is 0 Å². The van der Waals surface area contributed by atoms with Gasteiger partial charge in [0.25, 0.3) is 0 Å². The fraction of sp³-hybridized carbons (Fsp3) is 0.0217. The highest BCUT2D eigenvalue weighted by molar-refractivity contribution is 6.09. The third kappa shape index (κ3) is 4.89. The second kappa shape index (κ2) is 12.4. The molecule has 0 spiro atoms. The Bertz CT molecular complexity index is 2410. The summed E-state index contributed by atoms with van der Waals surface area (Å²) in [4.78, 5) is 15.2. The first-order valence-electron chi connectivity index (χ1n) is 16.9. The smallest absolute Gasteiger partial charge is 0.238 e. The van der Waals surface area contributed by atoms with Gasteiger partial charge in [0.2, 0.25) is 5.95 Å². The molecule has 4 heteroatoms. The van der Waals surface area contributed by atoms with E-state index in [4.69, 9.17) is 15.0 Å². The van der Waals surface area contributed by atoms with Crippen LogP contribution in [0.25, 0.3) is 50.5 Å². The maximum absolute atomic E-state index is 5.13. The van der Waals surface area contributed by atoms with E-state index in [1.165, 1.54) is 22.3 Å². The van der Waals surface area contributed by atoms with Crippen molar-refractivity contribution in [2.45, 2.75) is 5.41 Å². The van der Waals surface area contributed by atoms with E-state index in [-0.39, 0.29) is 0 Å². The Morgan fingerprint density at radius 3 is 1.26 bits per heavy atom. The zero-order valence-corrected chi connectivity index (χ0v) is 27.3. The topological polar surface area (TPSA) is 43.6 Å². The van der Waals surface area contributed by atoms with Gasteiger partial charge in [-0.1, -0.05) is 176 Å². The van der Waals surface area contributed by atoms with Crippen LogP contribution in [0.5, 0.6) is 0 Å². The summed E-state index contributed by atoms with van der Waals surface area (Å²) >= 11 is 0. The van der Waals surface area contributed by atoms with Crippen molar-refractivity contribution in [3.8, 4) is 28.7 Å². The van der Waals surface area contributed by atoms with Crippen molar-refractivity contribution < 1.29 is 0 Å². The summed E-state index contributed by atoms with van der Waals surface area (Å²) in [5, 5.41) is 2.27. The summed E-state index contributed by atoms with van der Waals surface area (Å²) < 4.78 is 2.18. The van der Waals surface area contributed by atoms with E-state index < -0.39 is 5.41 Å². The van der Waals surface area contributed by atoms with Crippen molar-refractivity contribution in [3.63, 3.8) is 0 Å². The molecule has 2 aromatic heterocycles. The molecule has 0 aliphatic heterocycles. The fourth-order valence-corrected chi connectivity index (χ4v) is 7.38. The van der Waals surface area contributed by atoms with E-state index in [2.05, 4.69) is 138 Å². The summed E-state index contributed by atoms with van der Waals surface area (Å²) in [6, 6.07) is 68.2. The predicted molar refractivity (Wildman–Crippen MR) is 203 cm³/mol. The number of hydrogen-bond donors (Lipinski definition) is 0. The molecule has 0 saturated carbocycles. The third-order valence-electron chi connectivity index (χ3n) is 9.61. The Morgan fingerprint density at radius 1 is 0.340 bits per heavy atom. The van der Waals surface area contributed by atoms with E-state index in [0.717, 1.165) is 32.9 Å². The molecule has 7 aromatic carbocycles. The van der Waals surface area contributed by atoms with Gasteiger partial charge in [-0.3, -0.25) is 4.57 Å². The molecular weight excluding hydrogens is 609 g/mol. The van der Waals surface area contributed by atoms with E-state index in [9.17, 15) is 0 Å². The standard InChI is InChI=1S/C46H32N4/c1-6-18-33(19-7-1)43-47-44(34-20-8-2-9-21-34)49-45(48-43)50-41-29-17-16-28-39(41)40-32-38(30-31-42(40)50)46(35-22-10-3-11-23-35,36-24-12-4-13-25-36)37-26-14-5-15-27-37/h1-32H. The zero-order chi connectivity index (χ0) is 33.3. The lowest BCUT2D eigenvalue weighted by Gasteiger charge is -2.37. The Kier molecular flexibility index (Phi) is 7.33. The van der Waals surface area contributed by atoms with E-state index >= 15 is 0 Å². The number of hydrogen-bond acceptors (Lipinski definition) is 3. The lowest BCUT2D eigenvalue weighted by Crippen LogP contribution is -2.30. The van der Waals surface area contributed by atoms with Crippen LogP contribution in [0.15, 0.2) is 194 Å². The predicted octanol–water partition coefficient (Wildman–Crippen LogP) is 10.7. The third-order valence-corrected chi connectivity index (χ3v) is 9.61. The van der Waals surface area contributed by atoms with Gasteiger partial charge < -0.3 is 0 Å². The average Bonchev–Trinajstić information content (AvgIpc) is 3.54. The van der Waals surface area contributed by atoms with Gasteiger partial charge in [0.15, 0.2) is 11.6 Å². The summed E-state index contributed by atoms with van der Waals surface area (Å²) in [5.74, 6) is 1.85.